The van der Waals surface area contributed by atoms with Gasteiger partial charge in [-0.05, 0) is 31.2 Å². The van der Waals surface area contributed by atoms with Gasteiger partial charge in [0.05, 0.1) is 6.61 Å². The fraction of sp³-hybridized carbons (Fsp3) is 0.250. The highest BCUT2D eigenvalue weighted by atomic mass is 16.6. The van der Waals surface area contributed by atoms with E-state index in [2.05, 4.69) is 5.11 Å². The van der Waals surface area contributed by atoms with Crippen LogP contribution in [0.4, 0.5) is 11.4 Å². The van der Waals surface area contributed by atoms with E-state index in [0.29, 0.717) is 22.8 Å². The summed E-state index contributed by atoms with van der Waals surface area (Å²) < 4.78 is 10.6. The number of ether oxygens (including phenoxy) is 2. The Balaban J connectivity index is 1.68. The molecule has 1 aliphatic rings. The molecule has 0 radical (unpaired) electrons. The molecule has 1 saturated heterocycles. The third kappa shape index (κ3) is 3.79. The van der Waals surface area contributed by atoms with Crippen LogP contribution in [0.5, 0.6) is 5.75 Å². The lowest BCUT2D eigenvalue weighted by atomic mass is 10.2. The molecule has 1 atom stereocenters. The van der Waals surface area contributed by atoms with Crippen molar-refractivity contribution in [2.24, 2.45) is 5.11 Å². The first kappa shape index (κ1) is 13.6. The number of hydrogen-bond acceptors (Lipinski definition) is 4. The van der Waals surface area contributed by atoms with Crippen molar-refractivity contribution >= 4 is 11.4 Å². The van der Waals surface area contributed by atoms with E-state index in [1.807, 2.05) is 31.2 Å². The molecule has 1 heterocycles. The van der Waals surface area contributed by atoms with Crippen molar-refractivity contribution in [3.63, 3.8) is 0 Å². The lowest BCUT2D eigenvalue weighted by molar-refractivity contribution is -0.435. The van der Waals surface area contributed by atoms with Crippen molar-refractivity contribution in [2.45, 2.75) is 13.0 Å². The lowest BCUT2D eigenvalue weighted by Gasteiger charge is -2.04. The second-order valence-electron chi connectivity index (χ2n) is 4.97. The average molecular weight is 284 g/mol. The Morgan fingerprint density at radius 2 is 1.86 bits per heavy atom. The summed E-state index contributed by atoms with van der Waals surface area (Å²) in [6.45, 7) is 3.31. The van der Waals surface area contributed by atoms with E-state index >= 15 is 0 Å². The van der Waals surface area contributed by atoms with Crippen molar-refractivity contribution in [1.82, 2.24) is 0 Å². The summed E-state index contributed by atoms with van der Waals surface area (Å²) in [6.07, 6.45) is 0.220. The maximum atomic E-state index is 12.0. The smallest absolute Gasteiger partial charge is 0.245 e. The Bertz CT molecular complexity index is 632. The van der Waals surface area contributed by atoms with Crippen molar-refractivity contribution in [3.05, 3.63) is 59.3 Å². The molecule has 0 spiro atoms. The van der Waals surface area contributed by atoms with Crippen molar-refractivity contribution in [1.29, 1.82) is 0 Å². The highest BCUT2D eigenvalue weighted by molar-refractivity contribution is 5.39. The molecule has 0 aromatic heterocycles. The summed E-state index contributed by atoms with van der Waals surface area (Å²) in [7, 11) is 0. The molecule has 0 saturated carbocycles. The molecule has 2 aromatic carbocycles. The quantitative estimate of drug-likeness (QED) is 0.364. The van der Waals surface area contributed by atoms with Gasteiger partial charge in [-0.3, -0.25) is 0 Å². The first-order valence-corrected chi connectivity index (χ1v) is 6.81. The average Bonchev–Trinajstić information content (AvgIpc) is 3.32. The van der Waals surface area contributed by atoms with Gasteiger partial charge in [-0.1, -0.05) is 22.6 Å². The van der Waals surface area contributed by atoms with Crippen LogP contribution in [0.15, 0.2) is 53.6 Å². The summed E-state index contributed by atoms with van der Waals surface area (Å²) >= 11 is 0. The van der Waals surface area contributed by atoms with Crippen LogP contribution in [-0.4, -0.2) is 24.2 Å². The highest BCUT2D eigenvalue weighted by Gasteiger charge is 2.23. The van der Waals surface area contributed by atoms with Gasteiger partial charge in [-0.25, -0.2) is 0 Å². The maximum absolute atomic E-state index is 12.0. The summed E-state index contributed by atoms with van der Waals surface area (Å²) in [5.74, 6) is 0.720. The monoisotopic (exact) mass is 284 g/mol. The summed E-state index contributed by atoms with van der Waals surface area (Å²) in [5, 5.41) is 16.0. The Morgan fingerprint density at radius 3 is 2.48 bits per heavy atom. The zero-order valence-electron chi connectivity index (χ0n) is 11.7. The molecule has 0 bridgehead atoms. The Kier molecular flexibility index (Phi) is 3.83. The van der Waals surface area contributed by atoms with Crippen LogP contribution in [0, 0.1) is 12.1 Å². The Labute approximate surface area is 123 Å². The first-order valence-electron chi connectivity index (χ1n) is 6.81. The van der Waals surface area contributed by atoms with E-state index < -0.39 is 0 Å². The predicted octanol–water partition coefficient (Wildman–Crippen LogP) is 3.70. The number of rotatable bonds is 5. The minimum absolute atomic E-state index is 0.220. The largest absolute Gasteiger partial charge is 0.594 e. The zero-order chi connectivity index (χ0) is 14.7. The number of benzene rings is 2. The molecule has 1 aliphatic heterocycles. The molecule has 0 aliphatic carbocycles. The van der Waals surface area contributed by atoms with Crippen LogP contribution in [-0.2, 0) is 4.74 Å². The van der Waals surface area contributed by atoms with Crippen molar-refractivity contribution < 1.29 is 14.3 Å². The second kappa shape index (κ2) is 5.93. The maximum Gasteiger partial charge on any atom is 0.245 e. The molecule has 3 rings (SSSR count). The first-order chi connectivity index (χ1) is 10.2. The molecule has 2 aromatic rings. The molecule has 1 unspecified atom stereocenters. The minimum Gasteiger partial charge on any atom is -0.594 e. The van der Waals surface area contributed by atoms with Crippen molar-refractivity contribution in [3.8, 4) is 5.75 Å². The molecular weight excluding hydrogens is 268 g/mol. The van der Waals surface area contributed by atoms with Gasteiger partial charge in [0.25, 0.3) is 0 Å². The van der Waals surface area contributed by atoms with E-state index in [4.69, 9.17) is 9.47 Å². The van der Waals surface area contributed by atoms with Crippen molar-refractivity contribution in [2.75, 3.05) is 13.2 Å². The fourth-order valence-electron chi connectivity index (χ4n) is 1.80. The predicted molar refractivity (Wildman–Crippen MR) is 78.2 cm³/mol. The van der Waals surface area contributed by atoms with Gasteiger partial charge in [0.1, 0.15) is 24.1 Å². The summed E-state index contributed by atoms with van der Waals surface area (Å²) in [5.41, 5.74) is 2.22. The Hall–Kier alpha value is -2.40. The van der Waals surface area contributed by atoms with Crippen LogP contribution in [0.3, 0.4) is 0 Å². The van der Waals surface area contributed by atoms with Gasteiger partial charge in [0, 0.05) is 17.2 Å². The third-order valence-electron chi connectivity index (χ3n) is 3.14. The van der Waals surface area contributed by atoms with Gasteiger partial charge in [0.15, 0.2) is 0 Å². The molecule has 21 heavy (non-hydrogen) atoms. The summed E-state index contributed by atoms with van der Waals surface area (Å²) in [6, 6.07) is 14.4. The topological polar surface area (TPSA) is 60.2 Å². The standard InChI is InChI=1S/C16H16N2O3/c1-12-2-4-13(5-3-12)17-18(19)14-6-8-15(9-7-14)20-10-16-11-21-16/h2-9,16H,10-11H2,1H3. The van der Waals surface area contributed by atoms with Crippen LogP contribution in [0.2, 0.25) is 0 Å². The highest BCUT2D eigenvalue weighted by Crippen LogP contribution is 2.21. The van der Waals surface area contributed by atoms with E-state index in [1.165, 1.54) is 0 Å². The third-order valence-corrected chi connectivity index (χ3v) is 3.14. The van der Waals surface area contributed by atoms with Crippen LogP contribution in [0.25, 0.3) is 0 Å². The molecule has 5 nitrogen and oxygen atoms in total. The molecule has 1 fully saturated rings. The van der Waals surface area contributed by atoms with Crippen LogP contribution >= 0.6 is 0 Å². The van der Waals surface area contributed by atoms with E-state index in [-0.39, 0.29) is 6.10 Å². The summed E-state index contributed by atoms with van der Waals surface area (Å²) in [4.78, 5) is 0.610. The van der Waals surface area contributed by atoms with Gasteiger partial charge >= 0.3 is 0 Å². The molecule has 5 heteroatoms. The number of nitrogens with zero attached hydrogens (tertiary/aromatic N) is 2. The number of aryl methyl sites for hydroxylation is 1. The number of azo groups is 1. The van der Waals surface area contributed by atoms with Crippen LogP contribution < -0.4 is 4.74 Å². The SMILES string of the molecule is Cc1ccc(N=[N+]([O-])c2ccc(OCC3CO3)cc2)cc1. The fourth-order valence-corrected chi connectivity index (χ4v) is 1.80. The Morgan fingerprint density at radius 1 is 1.19 bits per heavy atom. The molecule has 108 valence electrons. The second-order valence-corrected chi connectivity index (χ2v) is 4.97. The van der Waals surface area contributed by atoms with Gasteiger partial charge < -0.3 is 14.7 Å². The minimum atomic E-state index is 0.220. The van der Waals surface area contributed by atoms with Gasteiger partial charge in [-0.2, -0.15) is 0 Å². The lowest BCUT2D eigenvalue weighted by Crippen LogP contribution is -2.03. The van der Waals surface area contributed by atoms with E-state index in [1.54, 1.807) is 24.3 Å². The molecule has 0 N–H and O–H groups in total. The number of epoxide rings is 1. The zero-order valence-corrected chi connectivity index (χ0v) is 11.7. The van der Waals surface area contributed by atoms with Crippen LogP contribution in [0.1, 0.15) is 5.56 Å². The normalized spacial score (nSPS) is 17.6. The van der Waals surface area contributed by atoms with Gasteiger partial charge in [-0.15, -0.1) is 0 Å². The van der Waals surface area contributed by atoms with E-state index in [0.717, 1.165) is 17.9 Å². The van der Waals surface area contributed by atoms with E-state index in [9.17, 15) is 5.21 Å². The number of hydrogen-bond donors (Lipinski definition) is 0. The van der Waals surface area contributed by atoms with Gasteiger partial charge in [0.2, 0.25) is 5.69 Å². The molecule has 0 amide bonds. The molecular formula is C16H16N2O3.